The molecule has 0 saturated carbocycles. The van der Waals surface area contributed by atoms with E-state index in [1.165, 1.54) is 23.1 Å². The summed E-state index contributed by atoms with van der Waals surface area (Å²) in [6, 6.07) is 5.58. The van der Waals surface area contributed by atoms with Crippen LogP contribution in [0.15, 0.2) is 35.7 Å². The summed E-state index contributed by atoms with van der Waals surface area (Å²) in [4.78, 5) is 23.6. The smallest absolute Gasteiger partial charge is 0.253 e. The second kappa shape index (κ2) is 7.29. The Balaban J connectivity index is 1.60. The molecule has 3 heterocycles. The highest BCUT2D eigenvalue weighted by Gasteiger charge is 2.15. The maximum atomic E-state index is 12.4. The summed E-state index contributed by atoms with van der Waals surface area (Å²) in [5.74, 6) is 0.876. The van der Waals surface area contributed by atoms with E-state index in [0.29, 0.717) is 29.8 Å². The lowest BCUT2D eigenvalue weighted by molar-refractivity contribution is -0.128. The summed E-state index contributed by atoms with van der Waals surface area (Å²) in [7, 11) is 0. The van der Waals surface area contributed by atoms with Gasteiger partial charge in [0.05, 0.1) is 16.6 Å². The number of carbonyl (C=O) groups excluding carboxylic acids is 1. The number of thiophene rings is 1. The molecule has 0 aromatic carbocycles. The summed E-state index contributed by atoms with van der Waals surface area (Å²) in [5, 5.41) is 4.83. The second-order valence-corrected chi connectivity index (χ2v) is 7.40. The van der Waals surface area contributed by atoms with Gasteiger partial charge in [0, 0.05) is 23.8 Å². The van der Waals surface area contributed by atoms with Crippen molar-refractivity contribution in [3.8, 4) is 0 Å². The topological polar surface area (TPSA) is 63.4 Å². The van der Waals surface area contributed by atoms with Gasteiger partial charge in [0.2, 0.25) is 11.1 Å². The summed E-state index contributed by atoms with van der Waals surface area (Å²) in [6.07, 6.45) is 3.44. The summed E-state index contributed by atoms with van der Waals surface area (Å²) >= 11 is 8.74. The zero-order chi connectivity index (χ0) is 16.2. The Morgan fingerprint density at radius 3 is 3.04 bits per heavy atom. The van der Waals surface area contributed by atoms with Crippen LogP contribution in [0.2, 0.25) is 4.34 Å². The van der Waals surface area contributed by atoms with Crippen molar-refractivity contribution >= 4 is 46.4 Å². The lowest BCUT2D eigenvalue weighted by Gasteiger charge is -2.19. The van der Waals surface area contributed by atoms with Gasteiger partial charge in [-0.2, -0.15) is 4.98 Å². The van der Waals surface area contributed by atoms with E-state index >= 15 is 0 Å². The van der Waals surface area contributed by atoms with Gasteiger partial charge in [0.25, 0.3) is 5.78 Å². The van der Waals surface area contributed by atoms with Crippen LogP contribution >= 0.6 is 34.7 Å². The second-order valence-electron chi connectivity index (χ2n) is 4.66. The normalized spacial score (nSPS) is 11.0. The van der Waals surface area contributed by atoms with E-state index in [1.54, 1.807) is 27.9 Å². The van der Waals surface area contributed by atoms with Crippen LogP contribution in [0.5, 0.6) is 0 Å². The molecule has 9 heteroatoms. The Bertz CT molecular complexity index is 785. The first kappa shape index (κ1) is 16.2. The number of thioether (sulfide) groups is 1. The Morgan fingerprint density at radius 2 is 2.35 bits per heavy atom. The van der Waals surface area contributed by atoms with Gasteiger partial charge in [0.15, 0.2) is 0 Å². The van der Waals surface area contributed by atoms with Crippen LogP contribution in [0.25, 0.3) is 5.78 Å². The third-order valence-electron chi connectivity index (χ3n) is 3.13. The van der Waals surface area contributed by atoms with Crippen molar-refractivity contribution in [2.45, 2.75) is 18.6 Å². The quantitative estimate of drug-likeness (QED) is 0.627. The molecule has 6 nitrogen and oxygen atoms in total. The van der Waals surface area contributed by atoms with Crippen molar-refractivity contribution in [2.75, 3.05) is 12.3 Å². The molecule has 0 aliphatic rings. The molecule has 0 aliphatic heterocycles. The Kier molecular flexibility index (Phi) is 5.14. The molecular weight excluding hydrogens is 354 g/mol. The molecule has 120 valence electrons. The molecule has 0 unspecified atom stereocenters. The first-order chi connectivity index (χ1) is 11.2. The third kappa shape index (κ3) is 4.01. The number of rotatable bonds is 6. The monoisotopic (exact) mass is 367 g/mol. The van der Waals surface area contributed by atoms with Crippen LogP contribution in [-0.2, 0) is 11.3 Å². The minimum atomic E-state index is 0.0498. The number of nitrogens with zero attached hydrogens (tertiary/aromatic N) is 5. The van der Waals surface area contributed by atoms with E-state index in [-0.39, 0.29) is 5.91 Å². The van der Waals surface area contributed by atoms with Gasteiger partial charge in [-0.3, -0.25) is 4.79 Å². The van der Waals surface area contributed by atoms with Crippen molar-refractivity contribution in [2.24, 2.45) is 0 Å². The van der Waals surface area contributed by atoms with Crippen molar-refractivity contribution in [1.82, 2.24) is 24.5 Å². The molecule has 1 amide bonds. The largest absolute Gasteiger partial charge is 0.337 e. The number of aromatic nitrogens is 4. The molecule has 0 aliphatic carbocycles. The lowest BCUT2D eigenvalue weighted by atomic mass is 10.4. The summed E-state index contributed by atoms with van der Waals surface area (Å²) in [5.41, 5.74) is 0. The predicted molar refractivity (Wildman–Crippen MR) is 91.9 cm³/mol. The number of fused-ring (bicyclic) bond motifs is 1. The maximum Gasteiger partial charge on any atom is 0.253 e. The van der Waals surface area contributed by atoms with E-state index in [2.05, 4.69) is 15.1 Å². The van der Waals surface area contributed by atoms with Crippen LogP contribution in [0.1, 0.15) is 11.8 Å². The van der Waals surface area contributed by atoms with Gasteiger partial charge in [-0.1, -0.05) is 23.4 Å². The van der Waals surface area contributed by atoms with E-state index in [9.17, 15) is 4.79 Å². The van der Waals surface area contributed by atoms with Crippen molar-refractivity contribution in [3.05, 3.63) is 39.8 Å². The highest BCUT2D eigenvalue weighted by atomic mass is 35.5. The summed E-state index contributed by atoms with van der Waals surface area (Å²) in [6.45, 7) is 3.19. The van der Waals surface area contributed by atoms with Gasteiger partial charge in [0.1, 0.15) is 0 Å². The van der Waals surface area contributed by atoms with E-state index in [0.717, 1.165) is 9.21 Å². The van der Waals surface area contributed by atoms with Crippen LogP contribution in [-0.4, -0.2) is 42.7 Å². The van der Waals surface area contributed by atoms with Gasteiger partial charge >= 0.3 is 0 Å². The predicted octanol–water partition coefficient (Wildman–Crippen LogP) is 2.98. The fraction of sp³-hybridized carbons (Fsp3) is 0.286. The highest BCUT2D eigenvalue weighted by Crippen LogP contribution is 2.23. The molecule has 0 spiro atoms. The maximum absolute atomic E-state index is 12.4. The third-order valence-corrected chi connectivity index (χ3v) is 5.17. The highest BCUT2D eigenvalue weighted by molar-refractivity contribution is 7.99. The fourth-order valence-corrected chi connectivity index (χ4v) is 3.82. The number of hydrogen-bond donors (Lipinski definition) is 0. The van der Waals surface area contributed by atoms with Gasteiger partial charge < -0.3 is 4.90 Å². The zero-order valence-corrected chi connectivity index (χ0v) is 14.7. The SMILES string of the molecule is CCN(Cc1ccc(Cl)s1)C(=O)CSc1nc2ncccn2n1. The number of halogens is 1. The number of carbonyl (C=O) groups is 1. The van der Waals surface area contributed by atoms with E-state index in [4.69, 9.17) is 11.6 Å². The zero-order valence-electron chi connectivity index (χ0n) is 12.3. The van der Waals surface area contributed by atoms with Crippen LogP contribution in [0.4, 0.5) is 0 Å². The lowest BCUT2D eigenvalue weighted by Crippen LogP contribution is -2.31. The molecule has 0 bridgehead atoms. The van der Waals surface area contributed by atoms with Gasteiger partial charge in [-0.05, 0) is 25.1 Å². The average Bonchev–Trinajstić information content (AvgIpc) is 3.15. The minimum absolute atomic E-state index is 0.0498. The van der Waals surface area contributed by atoms with Crippen LogP contribution in [0.3, 0.4) is 0 Å². The van der Waals surface area contributed by atoms with E-state index < -0.39 is 0 Å². The first-order valence-electron chi connectivity index (χ1n) is 6.98. The Hall–Kier alpha value is -1.64. The number of hydrogen-bond acceptors (Lipinski definition) is 6. The van der Waals surface area contributed by atoms with Crippen molar-refractivity contribution < 1.29 is 4.79 Å². The Labute approximate surface area is 146 Å². The van der Waals surface area contributed by atoms with Crippen molar-refractivity contribution in [1.29, 1.82) is 0 Å². The minimum Gasteiger partial charge on any atom is -0.337 e. The van der Waals surface area contributed by atoms with E-state index in [1.807, 2.05) is 19.1 Å². The van der Waals surface area contributed by atoms with Crippen LogP contribution in [0, 0.1) is 0 Å². The van der Waals surface area contributed by atoms with Gasteiger partial charge in [-0.15, -0.1) is 16.4 Å². The molecule has 3 aromatic heterocycles. The molecule has 0 atom stereocenters. The fourth-order valence-electron chi connectivity index (χ4n) is 1.99. The molecule has 23 heavy (non-hydrogen) atoms. The van der Waals surface area contributed by atoms with Crippen molar-refractivity contribution in [3.63, 3.8) is 0 Å². The average molecular weight is 368 g/mol. The standard InChI is InChI=1S/C14H14ClN5OS2/c1-2-19(8-10-4-5-11(15)23-10)12(21)9-22-14-17-13-16-6-3-7-20(13)18-14/h3-7H,2,8-9H2,1H3. The molecule has 0 saturated heterocycles. The van der Waals surface area contributed by atoms with Crippen LogP contribution < -0.4 is 0 Å². The molecular formula is C14H14ClN5OS2. The summed E-state index contributed by atoms with van der Waals surface area (Å²) < 4.78 is 2.33. The first-order valence-corrected chi connectivity index (χ1v) is 9.16. The molecule has 0 fully saturated rings. The molecule has 3 rings (SSSR count). The van der Waals surface area contributed by atoms with Gasteiger partial charge in [-0.25, -0.2) is 9.50 Å². The molecule has 3 aromatic rings. The number of amides is 1. The molecule has 0 N–H and O–H groups in total. The molecule has 0 radical (unpaired) electrons. The Morgan fingerprint density at radius 1 is 1.48 bits per heavy atom.